The van der Waals surface area contributed by atoms with Crippen LogP contribution in [-0.4, -0.2) is 16.7 Å². The van der Waals surface area contributed by atoms with Gasteiger partial charge < -0.3 is 9.94 Å². The Hall–Kier alpha value is -4.06. The highest BCUT2D eigenvalue weighted by Gasteiger charge is 2.28. The summed E-state index contributed by atoms with van der Waals surface area (Å²) < 4.78 is 5.96. The minimum Gasteiger partial charge on any atom is -0.618 e. The predicted octanol–water partition coefficient (Wildman–Crippen LogP) is 3.76. The van der Waals surface area contributed by atoms with Crippen molar-refractivity contribution in [3.05, 3.63) is 112 Å². The lowest BCUT2D eigenvalue weighted by Crippen LogP contribution is -2.38. The van der Waals surface area contributed by atoms with Crippen LogP contribution in [0.25, 0.3) is 11.0 Å². The minimum absolute atomic E-state index is 0.110. The second-order valence-corrected chi connectivity index (χ2v) is 6.83. The van der Waals surface area contributed by atoms with E-state index in [1.807, 2.05) is 13.0 Å². The highest BCUT2D eigenvalue weighted by molar-refractivity contribution is 6.07. The lowest BCUT2D eigenvalue weighted by molar-refractivity contribution is -0.580. The summed E-state index contributed by atoms with van der Waals surface area (Å²) in [6.45, 7) is 1.58. The van der Waals surface area contributed by atoms with E-state index in [4.69, 9.17) is 4.74 Å². The molecule has 30 heavy (non-hydrogen) atoms. The molecule has 0 radical (unpaired) electrons. The van der Waals surface area contributed by atoms with Crippen molar-refractivity contribution in [3.63, 3.8) is 0 Å². The second-order valence-electron chi connectivity index (χ2n) is 6.83. The van der Waals surface area contributed by atoms with Crippen molar-refractivity contribution in [1.29, 1.82) is 0 Å². The van der Waals surface area contributed by atoms with Gasteiger partial charge in [0, 0.05) is 11.6 Å². The third kappa shape index (κ3) is 3.75. The molecule has 0 bridgehead atoms. The number of rotatable bonds is 5. The molecule has 0 aliphatic carbocycles. The van der Waals surface area contributed by atoms with E-state index in [9.17, 15) is 14.8 Å². The SMILES string of the molecule is Cc1cccc(C(=O)OCc2nc3ccccc3[n+]([O-])c2C(=O)c2ccccc2)c1. The number of hydrogen-bond donors (Lipinski definition) is 0. The van der Waals surface area contributed by atoms with Crippen LogP contribution in [0.15, 0.2) is 78.9 Å². The van der Waals surface area contributed by atoms with Gasteiger partial charge >= 0.3 is 5.97 Å². The predicted molar refractivity (Wildman–Crippen MR) is 111 cm³/mol. The first-order valence-corrected chi connectivity index (χ1v) is 9.39. The number of para-hydroxylation sites is 2. The van der Waals surface area contributed by atoms with Crippen molar-refractivity contribution < 1.29 is 19.1 Å². The van der Waals surface area contributed by atoms with Gasteiger partial charge in [-0.2, -0.15) is 4.73 Å². The van der Waals surface area contributed by atoms with Crippen LogP contribution in [0.1, 0.15) is 37.7 Å². The van der Waals surface area contributed by atoms with Gasteiger partial charge in [0.15, 0.2) is 5.69 Å². The van der Waals surface area contributed by atoms with E-state index in [0.717, 1.165) is 5.56 Å². The molecule has 0 aliphatic heterocycles. The first-order valence-electron chi connectivity index (χ1n) is 9.39. The van der Waals surface area contributed by atoms with Gasteiger partial charge in [-0.1, -0.05) is 60.2 Å². The number of fused-ring (bicyclic) bond motifs is 1. The van der Waals surface area contributed by atoms with Crippen molar-refractivity contribution in [2.75, 3.05) is 0 Å². The molecule has 0 aliphatic rings. The molecule has 3 aromatic carbocycles. The molecule has 4 rings (SSSR count). The van der Waals surface area contributed by atoms with E-state index in [2.05, 4.69) is 4.98 Å². The molecule has 6 heteroatoms. The molecule has 6 nitrogen and oxygen atoms in total. The summed E-state index contributed by atoms with van der Waals surface area (Å²) in [4.78, 5) is 30.0. The molecule has 148 valence electrons. The molecule has 0 saturated heterocycles. The van der Waals surface area contributed by atoms with Crippen LogP contribution in [0, 0.1) is 12.1 Å². The Kier molecular flexibility index (Phi) is 5.22. The maximum atomic E-state index is 13.1. The van der Waals surface area contributed by atoms with Crippen LogP contribution in [0.5, 0.6) is 0 Å². The van der Waals surface area contributed by atoms with Gasteiger partial charge in [-0.25, -0.2) is 9.78 Å². The fourth-order valence-corrected chi connectivity index (χ4v) is 3.21. The molecule has 0 saturated carbocycles. The van der Waals surface area contributed by atoms with Crippen LogP contribution < -0.4 is 4.73 Å². The maximum Gasteiger partial charge on any atom is 0.338 e. The Morgan fingerprint density at radius 1 is 0.933 bits per heavy atom. The first-order chi connectivity index (χ1) is 14.5. The summed E-state index contributed by atoms with van der Waals surface area (Å²) in [5, 5.41) is 13.0. The third-order valence-corrected chi connectivity index (χ3v) is 4.68. The summed E-state index contributed by atoms with van der Waals surface area (Å²) in [6, 6.07) is 22.2. The van der Waals surface area contributed by atoms with Crippen molar-refractivity contribution in [3.8, 4) is 0 Å². The van der Waals surface area contributed by atoms with E-state index in [-0.39, 0.29) is 23.5 Å². The highest BCUT2D eigenvalue weighted by atomic mass is 16.5. The topological polar surface area (TPSA) is 83.2 Å². The fraction of sp³-hybridized carbons (Fsp3) is 0.0833. The number of nitrogens with zero attached hydrogens (tertiary/aromatic N) is 2. The summed E-state index contributed by atoms with van der Waals surface area (Å²) in [7, 11) is 0. The summed E-state index contributed by atoms with van der Waals surface area (Å²) in [5.41, 5.74) is 2.30. The number of carbonyl (C=O) groups excluding carboxylic acids is 2. The van der Waals surface area contributed by atoms with Crippen LogP contribution in [0.3, 0.4) is 0 Å². The number of aromatic nitrogens is 2. The first kappa shape index (κ1) is 19.3. The summed E-state index contributed by atoms with van der Waals surface area (Å²) in [6.07, 6.45) is 0. The fourth-order valence-electron chi connectivity index (χ4n) is 3.21. The maximum absolute atomic E-state index is 13.1. The zero-order valence-corrected chi connectivity index (χ0v) is 16.2. The number of carbonyl (C=O) groups is 2. The molecule has 4 aromatic rings. The molecule has 0 amide bonds. The van der Waals surface area contributed by atoms with E-state index < -0.39 is 11.8 Å². The van der Waals surface area contributed by atoms with E-state index >= 15 is 0 Å². The van der Waals surface area contributed by atoms with E-state index in [1.165, 1.54) is 0 Å². The summed E-state index contributed by atoms with van der Waals surface area (Å²) in [5.74, 6) is -1.03. The van der Waals surface area contributed by atoms with Crippen LogP contribution >= 0.6 is 0 Å². The normalized spacial score (nSPS) is 10.7. The Balaban J connectivity index is 1.74. The Bertz CT molecular complexity index is 1250. The Labute approximate surface area is 173 Å². The van der Waals surface area contributed by atoms with Crippen molar-refractivity contribution in [2.24, 2.45) is 0 Å². The molecule has 0 unspecified atom stereocenters. The zero-order chi connectivity index (χ0) is 21.1. The average Bonchev–Trinajstić information content (AvgIpc) is 2.78. The molecular formula is C24H18N2O4. The molecule has 0 atom stereocenters. The molecule has 1 heterocycles. The van der Waals surface area contributed by atoms with Crippen molar-refractivity contribution >= 4 is 22.8 Å². The molecule has 0 N–H and O–H groups in total. The number of benzene rings is 3. The van der Waals surface area contributed by atoms with Gasteiger partial charge in [0.25, 0.3) is 11.5 Å². The van der Waals surface area contributed by atoms with Gasteiger partial charge in [0.1, 0.15) is 12.1 Å². The van der Waals surface area contributed by atoms with Crippen LogP contribution in [-0.2, 0) is 11.3 Å². The minimum atomic E-state index is -0.552. The van der Waals surface area contributed by atoms with Gasteiger partial charge in [0.2, 0.25) is 5.52 Å². The van der Waals surface area contributed by atoms with Gasteiger partial charge in [-0.3, -0.25) is 4.79 Å². The lowest BCUT2D eigenvalue weighted by Gasteiger charge is -2.12. The van der Waals surface area contributed by atoms with Crippen molar-refractivity contribution in [1.82, 2.24) is 4.98 Å². The number of hydrogen-bond acceptors (Lipinski definition) is 5. The second kappa shape index (κ2) is 8.13. The van der Waals surface area contributed by atoms with Crippen LogP contribution in [0.4, 0.5) is 0 Å². The van der Waals surface area contributed by atoms with E-state index in [1.54, 1.807) is 72.8 Å². The molecular weight excluding hydrogens is 380 g/mol. The third-order valence-electron chi connectivity index (χ3n) is 4.68. The van der Waals surface area contributed by atoms with Gasteiger partial charge in [-0.05, 0) is 25.1 Å². The molecule has 0 fully saturated rings. The zero-order valence-electron chi connectivity index (χ0n) is 16.2. The molecule has 0 spiro atoms. The summed E-state index contributed by atoms with van der Waals surface area (Å²) >= 11 is 0. The van der Waals surface area contributed by atoms with Gasteiger partial charge in [-0.15, -0.1) is 0 Å². The average molecular weight is 398 g/mol. The van der Waals surface area contributed by atoms with Crippen molar-refractivity contribution in [2.45, 2.75) is 13.5 Å². The number of ether oxygens (including phenoxy) is 1. The highest BCUT2D eigenvalue weighted by Crippen LogP contribution is 2.17. The lowest BCUT2D eigenvalue weighted by atomic mass is 10.1. The Morgan fingerprint density at radius 3 is 2.40 bits per heavy atom. The number of esters is 1. The largest absolute Gasteiger partial charge is 0.618 e. The number of ketones is 1. The monoisotopic (exact) mass is 398 g/mol. The standard InChI is InChI=1S/C24H18N2O4/c1-16-8-7-11-18(14-16)24(28)30-15-20-22(23(27)17-9-3-2-4-10-17)26(29)21-13-6-5-12-19(21)25-20/h2-14H,15H2,1H3. The smallest absolute Gasteiger partial charge is 0.338 e. The van der Waals surface area contributed by atoms with Crippen LogP contribution in [0.2, 0.25) is 0 Å². The quantitative estimate of drug-likeness (QED) is 0.221. The number of aryl methyl sites for hydroxylation is 1. The van der Waals surface area contributed by atoms with Gasteiger partial charge in [0.05, 0.1) is 5.56 Å². The molecule has 1 aromatic heterocycles. The Morgan fingerprint density at radius 2 is 1.63 bits per heavy atom. The van der Waals surface area contributed by atoms with E-state index in [0.29, 0.717) is 21.4 Å².